The van der Waals surface area contributed by atoms with E-state index in [0.717, 1.165) is 44.9 Å². The average Bonchev–Trinajstić information content (AvgIpc) is 2.91. The summed E-state index contributed by atoms with van der Waals surface area (Å²) in [5.41, 5.74) is 0. The van der Waals surface area contributed by atoms with Gasteiger partial charge in [-0.05, 0) is 38.5 Å². The van der Waals surface area contributed by atoms with Gasteiger partial charge >= 0.3 is 5.97 Å². The van der Waals surface area contributed by atoms with Crippen LogP contribution in [0.15, 0.2) is 24.3 Å². The van der Waals surface area contributed by atoms with Crippen LogP contribution >= 0.6 is 0 Å². The van der Waals surface area contributed by atoms with Gasteiger partial charge in [-0.3, -0.25) is 4.79 Å². The van der Waals surface area contributed by atoms with Crippen LogP contribution in [0.3, 0.4) is 0 Å². The molecular formula is C18H30O5. The molecule has 0 saturated carbocycles. The summed E-state index contributed by atoms with van der Waals surface area (Å²) in [7, 11) is 0. The van der Waals surface area contributed by atoms with E-state index >= 15 is 0 Å². The lowest BCUT2D eigenvalue weighted by Crippen LogP contribution is -2.18. The van der Waals surface area contributed by atoms with Crippen molar-refractivity contribution in [1.29, 1.82) is 0 Å². The van der Waals surface area contributed by atoms with Crippen molar-refractivity contribution in [3.05, 3.63) is 24.3 Å². The molecular weight excluding hydrogens is 296 g/mol. The van der Waals surface area contributed by atoms with Crippen LogP contribution in [0.25, 0.3) is 0 Å². The van der Waals surface area contributed by atoms with Gasteiger partial charge in [0.15, 0.2) is 0 Å². The Morgan fingerprint density at radius 2 is 1.91 bits per heavy atom. The predicted molar refractivity (Wildman–Crippen MR) is 89.2 cm³/mol. The molecule has 3 unspecified atom stereocenters. The second kappa shape index (κ2) is 12.3. The Hall–Kier alpha value is -1.17. The van der Waals surface area contributed by atoms with E-state index in [1.807, 2.05) is 6.08 Å². The van der Waals surface area contributed by atoms with E-state index in [1.165, 1.54) is 0 Å². The molecule has 1 heterocycles. The number of hydrogen-bond donors (Lipinski definition) is 3. The maximum atomic E-state index is 10.6. The van der Waals surface area contributed by atoms with Gasteiger partial charge in [0.1, 0.15) is 0 Å². The van der Waals surface area contributed by atoms with Crippen LogP contribution in [0.1, 0.15) is 57.8 Å². The Morgan fingerprint density at radius 3 is 2.65 bits per heavy atom. The number of aliphatic carboxylic acids is 1. The minimum absolute atomic E-state index is 0.0407. The number of allylic oxidation sites excluding steroid dienone is 3. The van der Waals surface area contributed by atoms with Crippen molar-refractivity contribution in [1.82, 2.24) is 0 Å². The van der Waals surface area contributed by atoms with Gasteiger partial charge in [-0.25, -0.2) is 0 Å². The molecule has 1 fully saturated rings. The summed E-state index contributed by atoms with van der Waals surface area (Å²) >= 11 is 0. The third-order valence-corrected chi connectivity index (χ3v) is 3.93. The van der Waals surface area contributed by atoms with Gasteiger partial charge in [0.25, 0.3) is 0 Å². The fourth-order valence-corrected chi connectivity index (χ4v) is 2.73. The molecule has 0 spiro atoms. The van der Waals surface area contributed by atoms with Crippen molar-refractivity contribution < 1.29 is 24.9 Å². The predicted octanol–water partition coefficient (Wildman–Crippen LogP) is 2.81. The monoisotopic (exact) mass is 326 g/mol. The summed E-state index contributed by atoms with van der Waals surface area (Å²) in [4.78, 5) is 10.6. The second-order valence-corrected chi connectivity index (χ2v) is 6.07. The molecule has 3 N–H and O–H groups in total. The lowest BCUT2D eigenvalue weighted by atomic mass is 10.1. The number of rotatable bonds is 12. The van der Waals surface area contributed by atoms with E-state index in [2.05, 4.69) is 12.2 Å². The van der Waals surface area contributed by atoms with Crippen LogP contribution in [0.5, 0.6) is 0 Å². The van der Waals surface area contributed by atoms with Crippen molar-refractivity contribution in [2.24, 2.45) is 0 Å². The molecule has 1 aliphatic rings. The maximum absolute atomic E-state index is 10.6. The SMILES string of the molecule is O=C(O)CC1CCC(CC(O)/C=C/C/C=C/CCCCCO)O1. The number of unbranched alkanes of at least 4 members (excludes halogenated alkanes) is 3. The number of aliphatic hydroxyl groups excluding tert-OH is 2. The number of ether oxygens (including phenoxy) is 1. The number of carboxylic acid groups (broad SMARTS) is 1. The quantitative estimate of drug-likeness (QED) is 0.379. The molecule has 1 rings (SSSR count). The lowest BCUT2D eigenvalue weighted by molar-refractivity contribution is -0.140. The lowest BCUT2D eigenvalue weighted by Gasteiger charge is -2.14. The Morgan fingerprint density at radius 1 is 1.13 bits per heavy atom. The van der Waals surface area contributed by atoms with Crippen LogP contribution in [0.2, 0.25) is 0 Å². The molecule has 0 aliphatic carbocycles. The standard InChI is InChI=1S/C18H30O5/c19-12-8-6-4-2-1-3-5-7-9-15(20)13-16-10-11-17(23-16)14-18(21)22/h1,3,7,9,15-17,19-20H,2,4-6,8,10-14H2,(H,21,22)/b3-1+,9-7+. The topological polar surface area (TPSA) is 87.0 Å². The van der Waals surface area contributed by atoms with E-state index in [0.29, 0.717) is 6.42 Å². The number of carboxylic acids is 1. The fourth-order valence-electron chi connectivity index (χ4n) is 2.73. The second-order valence-electron chi connectivity index (χ2n) is 6.07. The van der Waals surface area contributed by atoms with Crippen LogP contribution in [-0.2, 0) is 9.53 Å². The molecule has 23 heavy (non-hydrogen) atoms. The molecule has 132 valence electrons. The zero-order valence-electron chi connectivity index (χ0n) is 13.8. The maximum Gasteiger partial charge on any atom is 0.305 e. The normalized spacial score (nSPS) is 23.0. The van der Waals surface area contributed by atoms with E-state index in [1.54, 1.807) is 6.08 Å². The van der Waals surface area contributed by atoms with E-state index in [-0.39, 0.29) is 25.2 Å². The molecule has 0 aromatic heterocycles. The van der Waals surface area contributed by atoms with Crippen LogP contribution < -0.4 is 0 Å². The zero-order valence-corrected chi connectivity index (χ0v) is 13.8. The Bertz CT molecular complexity index is 378. The number of aliphatic hydroxyl groups is 2. The van der Waals surface area contributed by atoms with Crippen molar-refractivity contribution in [3.8, 4) is 0 Å². The van der Waals surface area contributed by atoms with Crippen LogP contribution in [0.4, 0.5) is 0 Å². The molecule has 5 nitrogen and oxygen atoms in total. The average molecular weight is 326 g/mol. The highest BCUT2D eigenvalue weighted by Crippen LogP contribution is 2.25. The van der Waals surface area contributed by atoms with Gasteiger partial charge in [0.05, 0.1) is 24.7 Å². The first-order chi connectivity index (χ1) is 11.1. The molecule has 0 bridgehead atoms. The summed E-state index contributed by atoms with van der Waals surface area (Å²) in [6.07, 6.45) is 14.1. The minimum atomic E-state index is -0.834. The zero-order chi connectivity index (χ0) is 16.9. The third kappa shape index (κ3) is 10.3. The van der Waals surface area contributed by atoms with Gasteiger partial charge in [-0.1, -0.05) is 30.7 Å². The van der Waals surface area contributed by atoms with Crippen molar-refractivity contribution in [2.45, 2.75) is 76.1 Å². The smallest absolute Gasteiger partial charge is 0.305 e. The first-order valence-electron chi connectivity index (χ1n) is 8.59. The molecule has 0 aromatic carbocycles. The van der Waals surface area contributed by atoms with Gasteiger partial charge in [0, 0.05) is 13.0 Å². The van der Waals surface area contributed by atoms with Gasteiger partial charge in [-0.2, -0.15) is 0 Å². The van der Waals surface area contributed by atoms with Gasteiger partial charge in [-0.15, -0.1) is 0 Å². The van der Waals surface area contributed by atoms with E-state index in [4.69, 9.17) is 14.9 Å². The first-order valence-corrected chi connectivity index (χ1v) is 8.59. The molecule has 1 saturated heterocycles. The van der Waals surface area contributed by atoms with Crippen molar-refractivity contribution in [3.63, 3.8) is 0 Å². The van der Waals surface area contributed by atoms with Crippen LogP contribution in [0, 0.1) is 0 Å². The Labute approximate surface area is 138 Å². The van der Waals surface area contributed by atoms with Gasteiger partial charge < -0.3 is 20.1 Å². The Balaban J connectivity index is 2.08. The molecule has 0 aromatic rings. The largest absolute Gasteiger partial charge is 0.481 e. The van der Waals surface area contributed by atoms with E-state index < -0.39 is 12.1 Å². The molecule has 0 amide bonds. The Kier molecular flexibility index (Phi) is 10.6. The third-order valence-electron chi connectivity index (χ3n) is 3.93. The summed E-state index contributed by atoms with van der Waals surface area (Å²) in [5, 5.41) is 27.3. The molecule has 5 heteroatoms. The summed E-state index contributed by atoms with van der Waals surface area (Å²) < 4.78 is 5.63. The molecule has 1 aliphatic heterocycles. The highest BCUT2D eigenvalue weighted by atomic mass is 16.5. The first kappa shape index (κ1) is 19.9. The molecule has 3 atom stereocenters. The highest BCUT2D eigenvalue weighted by Gasteiger charge is 2.27. The fraction of sp³-hybridized carbons (Fsp3) is 0.722. The summed E-state index contributed by atoms with van der Waals surface area (Å²) in [6.45, 7) is 0.270. The summed E-state index contributed by atoms with van der Waals surface area (Å²) in [6, 6.07) is 0. The van der Waals surface area contributed by atoms with Crippen LogP contribution in [-0.4, -0.2) is 46.2 Å². The highest BCUT2D eigenvalue weighted by molar-refractivity contribution is 5.67. The van der Waals surface area contributed by atoms with E-state index in [9.17, 15) is 9.90 Å². The number of hydrogen-bond acceptors (Lipinski definition) is 4. The van der Waals surface area contributed by atoms with Crippen molar-refractivity contribution >= 4 is 5.97 Å². The number of carbonyl (C=O) groups is 1. The minimum Gasteiger partial charge on any atom is -0.481 e. The van der Waals surface area contributed by atoms with Gasteiger partial charge in [0.2, 0.25) is 0 Å². The molecule has 0 radical (unpaired) electrons. The summed E-state index contributed by atoms with van der Waals surface area (Å²) in [5.74, 6) is -0.834. The van der Waals surface area contributed by atoms with Crippen molar-refractivity contribution in [2.75, 3.05) is 6.61 Å².